The molecule has 5 nitrogen and oxygen atoms in total. The van der Waals surface area contributed by atoms with Gasteiger partial charge < -0.3 is 4.90 Å². The van der Waals surface area contributed by atoms with Gasteiger partial charge in [0.1, 0.15) is 0 Å². The number of hydrogen-bond acceptors (Lipinski definition) is 3. The first-order valence-corrected chi connectivity index (χ1v) is 13.3. The molecular formula is C24H36N2O3S. The zero-order chi connectivity index (χ0) is 21.1. The van der Waals surface area contributed by atoms with Crippen LogP contribution in [0.5, 0.6) is 0 Å². The minimum absolute atomic E-state index is 0.0479. The number of sulfonamides is 1. The molecular weight excluding hydrogens is 396 g/mol. The van der Waals surface area contributed by atoms with Crippen molar-refractivity contribution in [1.29, 1.82) is 0 Å². The highest BCUT2D eigenvalue weighted by molar-refractivity contribution is 7.89. The fraction of sp³-hybridized carbons (Fsp3) is 0.708. The molecule has 2 fully saturated rings. The van der Waals surface area contributed by atoms with E-state index in [-0.39, 0.29) is 11.8 Å². The van der Waals surface area contributed by atoms with Gasteiger partial charge in [0.05, 0.1) is 4.90 Å². The average Bonchev–Trinajstić information content (AvgIpc) is 3.07. The van der Waals surface area contributed by atoms with E-state index in [0.717, 1.165) is 32.1 Å². The van der Waals surface area contributed by atoms with E-state index >= 15 is 0 Å². The lowest BCUT2D eigenvalue weighted by molar-refractivity contribution is -0.137. The number of piperidine rings is 1. The Morgan fingerprint density at radius 1 is 0.900 bits per heavy atom. The van der Waals surface area contributed by atoms with Crippen molar-refractivity contribution in [3.8, 4) is 0 Å². The van der Waals surface area contributed by atoms with Crippen molar-refractivity contribution in [3.05, 3.63) is 29.3 Å². The molecule has 4 rings (SSSR count). The van der Waals surface area contributed by atoms with Crippen molar-refractivity contribution in [2.45, 2.75) is 88.0 Å². The predicted octanol–water partition coefficient (Wildman–Crippen LogP) is 4.15. The Balaban J connectivity index is 1.38. The molecule has 1 aliphatic heterocycles. The summed E-state index contributed by atoms with van der Waals surface area (Å²) in [6.07, 6.45) is 12.8. The number of nitrogens with zero attached hydrogens (tertiary/aromatic N) is 2. The summed E-state index contributed by atoms with van der Waals surface area (Å²) in [5.41, 5.74) is 2.49. The first kappa shape index (κ1) is 21.8. The van der Waals surface area contributed by atoms with E-state index in [1.807, 2.05) is 24.1 Å². The summed E-state index contributed by atoms with van der Waals surface area (Å²) in [6.45, 7) is 0.878. The zero-order valence-corrected chi connectivity index (χ0v) is 19.1. The maximum Gasteiger partial charge on any atom is 0.243 e. The molecule has 1 saturated heterocycles. The van der Waals surface area contributed by atoms with Crippen LogP contribution in [0.4, 0.5) is 0 Å². The standard InChI is InChI=1S/C24H36N2O3S/c1-25(22-10-4-2-3-5-11-22)24(27)20-14-16-26(17-15-20)30(28,29)23-13-12-19-8-6-7-9-21(19)18-23/h12-13,18,20,22H,2-11,14-17H2,1H3. The Labute approximate surface area is 181 Å². The lowest BCUT2D eigenvalue weighted by Crippen LogP contribution is -2.46. The van der Waals surface area contributed by atoms with Crippen molar-refractivity contribution >= 4 is 15.9 Å². The number of amides is 1. The van der Waals surface area contributed by atoms with Crippen LogP contribution in [0.25, 0.3) is 0 Å². The second kappa shape index (κ2) is 9.39. The molecule has 0 N–H and O–H groups in total. The van der Waals surface area contributed by atoms with Crippen LogP contribution >= 0.6 is 0 Å². The second-order valence-electron chi connectivity index (χ2n) is 9.41. The highest BCUT2D eigenvalue weighted by atomic mass is 32.2. The van der Waals surface area contributed by atoms with E-state index in [9.17, 15) is 13.2 Å². The summed E-state index contributed by atoms with van der Waals surface area (Å²) >= 11 is 0. The Kier molecular flexibility index (Phi) is 6.83. The zero-order valence-electron chi connectivity index (χ0n) is 18.3. The Morgan fingerprint density at radius 3 is 2.20 bits per heavy atom. The van der Waals surface area contributed by atoms with Crippen molar-refractivity contribution in [3.63, 3.8) is 0 Å². The van der Waals surface area contributed by atoms with Crippen molar-refractivity contribution in [1.82, 2.24) is 9.21 Å². The highest BCUT2D eigenvalue weighted by Gasteiger charge is 2.34. The van der Waals surface area contributed by atoms with Gasteiger partial charge in [-0.25, -0.2) is 8.42 Å². The molecule has 0 bridgehead atoms. The third kappa shape index (κ3) is 4.59. The number of hydrogen-bond donors (Lipinski definition) is 0. The SMILES string of the molecule is CN(C(=O)C1CCN(S(=O)(=O)c2ccc3c(c2)CCCC3)CC1)C1CCCCCC1. The molecule has 166 valence electrons. The monoisotopic (exact) mass is 432 g/mol. The Hall–Kier alpha value is -1.40. The van der Waals surface area contributed by atoms with Crippen LogP contribution < -0.4 is 0 Å². The van der Waals surface area contributed by atoms with Crippen LogP contribution in [0.3, 0.4) is 0 Å². The third-order valence-electron chi connectivity index (χ3n) is 7.48. The number of rotatable bonds is 4. The first-order chi connectivity index (χ1) is 14.5. The maximum absolute atomic E-state index is 13.2. The maximum atomic E-state index is 13.2. The van der Waals surface area contributed by atoms with Gasteiger partial charge >= 0.3 is 0 Å². The topological polar surface area (TPSA) is 57.7 Å². The van der Waals surface area contributed by atoms with E-state index in [1.54, 1.807) is 10.4 Å². The van der Waals surface area contributed by atoms with Gasteiger partial charge in [-0.05, 0) is 74.6 Å². The highest BCUT2D eigenvalue weighted by Crippen LogP contribution is 2.30. The van der Waals surface area contributed by atoms with Gasteiger partial charge in [-0.1, -0.05) is 31.7 Å². The summed E-state index contributed by atoms with van der Waals surface area (Å²) in [4.78, 5) is 15.5. The number of benzene rings is 1. The second-order valence-corrected chi connectivity index (χ2v) is 11.3. The van der Waals surface area contributed by atoms with Gasteiger partial charge in [0.15, 0.2) is 0 Å². The predicted molar refractivity (Wildman–Crippen MR) is 119 cm³/mol. The van der Waals surface area contributed by atoms with Gasteiger partial charge in [0.2, 0.25) is 15.9 Å². The summed E-state index contributed by atoms with van der Waals surface area (Å²) in [5, 5.41) is 0. The van der Waals surface area contributed by atoms with Gasteiger partial charge in [-0.3, -0.25) is 4.79 Å². The summed E-state index contributed by atoms with van der Waals surface area (Å²) < 4.78 is 28.0. The van der Waals surface area contributed by atoms with Crippen molar-refractivity contribution < 1.29 is 13.2 Å². The summed E-state index contributed by atoms with van der Waals surface area (Å²) in [5.74, 6) is 0.168. The van der Waals surface area contributed by atoms with Gasteiger partial charge in [-0.15, -0.1) is 0 Å². The Morgan fingerprint density at radius 2 is 1.53 bits per heavy atom. The smallest absolute Gasteiger partial charge is 0.243 e. The fourth-order valence-electron chi connectivity index (χ4n) is 5.48. The van der Waals surface area contributed by atoms with Gasteiger partial charge in [0, 0.05) is 32.1 Å². The molecule has 1 saturated carbocycles. The van der Waals surface area contributed by atoms with Crippen LogP contribution in [-0.4, -0.2) is 49.7 Å². The molecule has 2 aliphatic carbocycles. The number of carbonyl (C=O) groups excluding carboxylic acids is 1. The van der Waals surface area contributed by atoms with Gasteiger partial charge in [-0.2, -0.15) is 4.31 Å². The number of aryl methyl sites for hydroxylation is 2. The van der Waals surface area contributed by atoms with E-state index in [2.05, 4.69) is 0 Å². The normalized spacial score (nSPS) is 22.3. The molecule has 0 atom stereocenters. The molecule has 0 aromatic heterocycles. The van der Waals surface area contributed by atoms with Crippen LogP contribution in [0.1, 0.15) is 75.3 Å². The van der Waals surface area contributed by atoms with Crippen LogP contribution in [0.15, 0.2) is 23.1 Å². The number of fused-ring (bicyclic) bond motifs is 1. The minimum atomic E-state index is -3.48. The van der Waals surface area contributed by atoms with Crippen LogP contribution in [-0.2, 0) is 27.7 Å². The molecule has 1 aromatic rings. The lowest BCUT2D eigenvalue weighted by Gasteiger charge is -2.35. The molecule has 0 radical (unpaired) electrons. The van der Waals surface area contributed by atoms with E-state index in [0.29, 0.717) is 36.9 Å². The summed E-state index contributed by atoms with van der Waals surface area (Å²) in [7, 11) is -1.53. The molecule has 6 heteroatoms. The molecule has 1 heterocycles. The van der Waals surface area contributed by atoms with Gasteiger partial charge in [0.25, 0.3) is 0 Å². The van der Waals surface area contributed by atoms with Crippen LogP contribution in [0, 0.1) is 5.92 Å². The largest absolute Gasteiger partial charge is 0.343 e. The number of carbonyl (C=O) groups is 1. The molecule has 30 heavy (non-hydrogen) atoms. The van der Waals surface area contributed by atoms with E-state index in [1.165, 1.54) is 43.2 Å². The fourth-order valence-corrected chi connectivity index (χ4v) is 7.00. The average molecular weight is 433 g/mol. The Bertz CT molecular complexity index is 851. The van der Waals surface area contributed by atoms with E-state index in [4.69, 9.17) is 0 Å². The quantitative estimate of drug-likeness (QED) is 0.672. The minimum Gasteiger partial charge on any atom is -0.343 e. The summed E-state index contributed by atoms with van der Waals surface area (Å²) in [6, 6.07) is 6.02. The van der Waals surface area contributed by atoms with Crippen molar-refractivity contribution in [2.24, 2.45) is 5.92 Å². The molecule has 1 amide bonds. The third-order valence-corrected chi connectivity index (χ3v) is 9.38. The molecule has 0 unspecified atom stereocenters. The van der Waals surface area contributed by atoms with E-state index < -0.39 is 10.0 Å². The molecule has 3 aliphatic rings. The molecule has 0 spiro atoms. The molecule has 1 aromatic carbocycles. The first-order valence-electron chi connectivity index (χ1n) is 11.9. The van der Waals surface area contributed by atoms with Crippen molar-refractivity contribution in [2.75, 3.05) is 20.1 Å². The van der Waals surface area contributed by atoms with Crippen LogP contribution in [0.2, 0.25) is 0 Å². The lowest BCUT2D eigenvalue weighted by atomic mass is 9.92.